The van der Waals surface area contributed by atoms with Crippen molar-refractivity contribution in [1.82, 2.24) is 9.97 Å². The minimum atomic E-state index is 0. The predicted molar refractivity (Wildman–Crippen MR) is 166 cm³/mol. The van der Waals surface area contributed by atoms with E-state index in [-0.39, 0.29) is 31.3 Å². The number of alkyl halides is 1. The second-order valence-corrected chi connectivity index (χ2v) is 9.58. The van der Waals surface area contributed by atoms with E-state index in [1.807, 2.05) is 128 Å². The van der Waals surface area contributed by atoms with Crippen molar-refractivity contribution in [3.63, 3.8) is 0 Å². The number of rotatable bonds is 4. The number of nitrogens with two attached hydrogens (primary N) is 1. The molecule has 7 rings (SSSR count). The first-order chi connectivity index (χ1) is 21.2. The molecule has 0 saturated carbocycles. The van der Waals surface area contributed by atoms with Gasteiger partial charge < -0.3 is 0 Å². The van der Waals surface area contributed by atoms with Gasteiger partial charge in [-0.2, -0.15) is 0 Å². The first-order valence-electron chi connectivity index (χ1n) is 13.7. The van der Waals surface area contributed by atoms with Crippen molar-refractivity contribution in [2.75, 3.05) is 5.88 Å². The molecule has 1 aromatic carbocycles. The Kier molecular flexibility index (Phi) is 12.2. The smallest absolute Gasteiger partial charge is 0.255 e. The van der Waals surface area contributed by atoms with Crippen molar-refractivity contribution in [1.29, 1.82) is 0 Å². The van der Waals surface area contributed by atoms with Crippen LogP contribution in [0.4, 0.5) is 5.69 Å². The van der Waals surface area contributed by atoms with Crippen LogP contribution in [0.15, 0.2) is 140 Å². The molecule has 218 valence electrons. The number of fused-ring (bicyclic) bond motifs is 3. The molecule has 0 aliphatic heterocycles. The number of hydrogen-bond donors (Lipinski definition) is 1. The van der Waals surface area contributed by atoms with E-state index in [2.05, 4.69) is 29.9 Å². The number of primary amides is 1. The van der Waals surface area contributed by atoms with Crippen LogP contribution in [0.3, 0.4) is 0 Å². The van der Waals surface area contributed by atoms with Gasteiger partial charge in [0, 0.05) is 74.3 Å². The zero-order valence-electron chi connectivity index (χ0n) is 23.6. The zero-order chi connectivity index (χ0) is 29.7. The standard InChI is InChI=1S/C14H10ClN3O.2C10H8N2.Ru/c15-8-12(19)18-11-7-9-3-1-5-16-13(9)14-10(11)4-2-6-17-14;2*1-3-7-11-9(5-1)10-6-2-4-8-12-10;/h1-7H,8H2,(H,18,19);2*1-8H;/p+6. The largest absolute Gasteiger partial charge is 0.497 e. The molecule has 0 unspecified atom stereocenters. The maximum atomic E-state index is 9.65. The Labute approximate surface area is 272 Å². The third-order valence-electron chi connectivity index (χ3n) is 6.38. The third kappa shape index (κ3) is 8.61. The summed E-state index contributed by atoms with van der Waals surface area (Å²) in [5, 5.41) is 3.82. The summed E-state index contributed by atoms with van der Waals surface area (Å²) in [7, 11) is 0. The molecule has 0 fully saturated rings. The van der Waals surface area contributed by atoms with Gasteiger partial charge in [-0.25, -0.2) is 30.0 Å². The molecule has 6 aromatic heterocycles. The normalized spacial score (nSPS) is 10.0. The number of nitrogens with one attached hydrogen (secondary N) is 4. The fourth-order valence-corrected chi connectivity index (χ4v) is 4.48. The second kappa shape index (κ2) is 16.7. The van der Waals surface area contributed by atoms with E-state index < -0.39 is 0 Å². The molecule has 0 saturated heterocycles. The summed E-state index contributed by atoms with van der Waals surface area (Å²) in [5.74, 6) is 0.267. The van der Waals surface area contributed by atoms with Crippen LogP contribution in [0.25, 0.3) is 44.6 Å². The number of aromatic nitrogens is 6. The Morgan fingerprint density at radius 1 is 0.636 bits per heavy atom. The molecule has 10 heteroatoms. The molecule has 44 heavy (non-hydrogen) atoms. The van der Waals surface area contributed by atoms with E-state index in [4.69, 9.17) is 11.6 Å². The van der Waals surface area contributed by atoms with Gasteiger partial charge in [0.15, 0.2) is 36.4 Å². The first-order valence-corrected chi connectivity index (χ1v) is 14.2. The fraction of sp³-hybridized carbons (Fsp3) is 0.0294. The number of hydrogen-bond acceptors (Lipinski definition) is 2. The van der Waals surface area contributed by atoms with E-state index in [1.54, 1.807) is 17.7 Å². The fourth-order valence-electron chi connectivity index (χ4n) is 4.40. The molecular weight excluding hydrogens is 659 g/mol. The van der Waals surface area contributed by atoms with Crippen molar-refractivity contribution < 1.29 is 49.5 Å². The average molecular weight is 691 g/mol. The number of nitrogens with zero attached hydrogens (tertiary/aromatic N) is 2. The van der Waals surface area contributed by atoms with Crippen LogP contribution in [0.2, 0.25) is 0 Å². The molecule has 0 aliphatic rings. The van der Waals surface area contributed by atoms with Crippen molar-refractivity contribution in [2.45, 2.75) is 0 Å². The van der Waals surface area contributed by atoms with E-state index in [9.17, 15) is 4.79 Å². The molecule has 7 N–H and O–H groups in total. The predicted octanol–water partition coefficient (Wildman–Crippen LogP) is 3.68. The number of pyridine rings is 6. The van der Waals surface area contributed by atoms with Crippen LogP contribution in [0, 0.1) is 0 Å². The van der Waals surface area contributed by atoms with Gasteiger partial charge in [0.2, 0.25) is 0 Å². The third-order valence-corrected chi connectivity index (χ3v) is 6.65. The molecule has 0 atom stereocenters. The zero-order valence-corrected chi connectivity index (χ0v) is 26.1. The van der Waals surface area contributed by atoms with E-state index in [0.29, 0.717) is 0 Å². The number of halogens is 1. The topological polar surface area (TPSA) is 120 Å². The summed E-state index contributed by atoms with van der Waals surface area (Å²) in [6, 6.07) is 33.6. The molecule has 0 aliphatic carbocycles. The minimum Gasteiger partial charge on any atom is -0.255 e. The van der Waals surface area contributed by atoms with Crippen LogP contribution in [-0.4, -0.2) is 26.5 Å². The Bertz CT molecular complexity index is 1750. The Morgan fingerprint density at radius 2 is 1.18 bits per heavy atom. The van der Waals surface area contributed by atoms with E-state index >= 15 is 0 Å². The Balaban J connectivity index is 0.000000155. The van der Waals surface area contributed by atoms with Crippen molar-refractivity contribution >= 4 is 45.0 Å². The van der Waals surface area contributed by atoms with Gasteiger partial charge in [-0.05, 0) is 48.5 Å². The van der Waals surface area contributed by atoms with Gasteiger partial charge in [0.25, 0.3) is 22.4 Å². The van der Waals surface area contributed by atoms with Crippen LogP contribution in [0.1, 0.15) is 0 Å². The maximum absolute atomic E-state index is 9.65. The molecule has 6 heterocycles. The van der Waals surface area contributed by atoms with Crippen molar-refractivity contribution in [3.05, 3.63) is 140 Å². The summed E-state index contributed by atoms with van der Waals surface area (Å²) in [5.41, 5.74) is 7.01. The summed E-state index contributed by atoms with van der Waals surface area (Å²) in [4.78, 5) is 30.8. The monoisotopic (exact) mass is 691 g/mol. The first kappa shape index (κ1) is 32.1. The summed E-state index contributed by atoms with van der Waals surface area (Å²) < 4.78 is 0. The number of quaternary nitrogens is 1. The molecule has 1 amide bonds. The Morgan fingerprint density at radius 3 is 1.70 bits per heavy atom. The van der Waals surface area contributed by atoms with Crippen LogP contribution >= 0.6 is 11.6 Å². The van der Waals surface area contributed by atoms with Crippen LogP contribution < -0.4 is 25.3 Å². The van der Waals surface area contributed by atoms with Crippen LogP contribution in [-0.2, 0) is 19.5 Å². The SMILES string of the molecule is [OH+]=C(CCl)[NH2+]c1cc2ccc[nH+]c2c2[nH+]cccc12.[Ru].c1ccc(-c2cccc[nH+]2)[nH+]c1.c1ccc(-c2ccccn2)nc1. The molecule has 0 spiro atoms. The average Bonchev–Trinajstić information content (AvgIpc) is 3.10. The van der Waals surface area contributed by atoms with Crippen LogP contribution in [0.5, 0.6) is 0 Å². The van der Waals surface area contributed by atoms with Gasteiger partial charge in [-0.3, -0.25) is 9.97 Å². The molecule has 7 aromatic rings. The minimum absolute atomic E-state index is 0. The number of amides is 1. The van der Waals surface area contributed by atoms with E-state index in [0.717, 1.165) is 50.3 Å². The number of aromatic amines is 4. The van der Waals surface area contributed by atoms with Gasteiger partial charge in [-0.15, -0.1) is 11.6 Å². The number of carbonyl (C=O) groups excluding carboxylic acids is 1. The van der Waals surface area contributed by atoms with Gasteiger partial charge in [0.1, 0.15) is 5.39 Å². The maximum Gasteiger partial charge on any atom is 0.497 e. The quantitative estimate of drug-likeness (QED) is 0.0997. The van der Waals surface area contributed by atoms with Crippen molar-refractivity contribution in [3.8, 4) is 22.8 Å². The summed E-state index contributed by atoms with van der Waals surface area (Å²) >= 11 is 5.64. The second-order valence-electron chi connectivity index (χ2n) is 9.31. The van der Waals surface area contributed by atoms with Gasteiger partial charge >= 0.3 is 5.91 Å². The van der Waals surface area contributed by atoms with E-state index in [1.165, 1.54) is 0 Å². The summed E-state index contributed by atoms with van der Waals surface area (Å²) in [6.07, 6.45) is 11.1. The molecule has 8 nitrogen and oxygen atoms in total. The van der Waals surface area contributed by atoms with Gasteiger partial charge in [0.05, 0.1) is 16.8 Å². The number of benzene rings is 1. The summed E-state index contributed by atoms with van der Waals surface area (Å²) in [6.45, 7) is 0. The molecule has 0 radical (unpaired) electrons. The van der Waals surface area contributed by atoms with Gasteiger partial charge in [-0.1, -0.05) is 12.1 Å². The molecular formula is C34H32ClN7ORu+6. The molecule has 0 bridgehead atoms. The van der Waals surface area contributed by atoms with Crippen molar-refractivity contribution in [2.24, 2.45) is 0 Å². The Hall–Kier alpha value is -4.82. The number of H-pyrrole nitrogens is 4.